The molecule has 0 aliphatic carbocycles. The molecule has 0 saturated carbocycles. The topological polar surface area (TPSA) is 24.7 Å². The van der Waals surface area contributed by atoms with Crippen LogP contribution in [0.2, 0.25) is 0 Å². The lowest BCUT2D eigenvalue weighted by Crippen LogP contribution is -2.70. The van der Waals surface area contributed by atoms with E-state index in [1.165, 1.54) is 0 Å². The Morgan fingerprint density at radius 2 is 0.350 bits per heavy atom. The van der Waals surface area contributed by atoms with Crippen LogP contribution >= 0.6 is 0 Å². The molecule has 0 atom stereocenters. The summed E-state index contributed by atoms with van der Waals surface area (Å²) in [6.45, 7) is 0. The van der Waals surface area contributed by atoms with Gasteiger partial charge in [0, 0.05) is 0 Å². The van der Waals surface area contributed by atoms with Crippen LogP contribution in [0.5, 0.6) is 0 Å². The van der Waals surface area contributed by atoms with E-state index >= 15 is 0 Å². The molecular formula is C12F26N2. The van der Waals surface area contributed by atoms with Crippen LogP contribution in [0.25, 0.3) is 0 Å². The molecule has 0 aromatic heterocycles. The van der Waals surface area contributed by atoms with Crippen molar-refractivity contribution in [2.75, 3.05) is 0 Å². The number of hydrogen-bond acceptors (Lipinski definition) is 2. The van der Waals surface area contributed by atoms with E-state index in [0.29, 0.717) is 0 Å². The van der Waals surface area contributed by atoms with E-state index in [-0.39, 0.29) is 10.2 Å². The normalized spacial score (nSPS) is 17.1. The molecule has 0 heterocycles. The van der Waals surface area contributed by atoms with Gasteiger partial charge in [-0.25, -0.2) is 0 Å². The number of nitrogens with zero attached hydrogens (tertiary/aromatic N) is 2. The number of halogens is 26. The molecule has 0 unspecified atom stereocenters. The van der Waals surface area contributed by atoms with Crippen LogP contribution in [0.15, 0.2) is 10.2 Å². The minimum absolute atomic E-state index is 0.320. The summed E-state index contributed by atoms with van der Waals surface area (Å²) >= 11 is 0. The Labute approximate surface area is 198 Å². The molecule has 0 aliphatic heterocycles. The lowest BCUT2D eigenvalue weighted by Gasteiger charge is -2.39. The van der Waals surface area contributed by atoms with Crippen molar-refractivity contribution in [2.24, 2.45) is 10.2 Å². The second-order valence-electron chi connectivity index (χ2n) is 6.87. The van der Waals surface area contributed by atoms with Gasteiger partial charge in [-0.2, -0.15) is 114 Å². The fraction of sp³-hybridized carbons (Fsp3) is 1.00. The van der Waals surface area contributed by atoms with Crippen LogP contribution in [-0.2, 0) is 0 Å². The van der Waals surface area contributed by atoms with Crippen LogP contribution in [0.1, 0.15) is 0 Å². The van der Waals surface area contributed by atoms with Crippen molar-refractivity contribution in [3.05, 3.63) is 0 Å². The summed E-state index contributed by atoms with van der Waals surface area (Å²) < 4.78 is 331. The Balaban J connectivity index is 6.87. The molecule has 0 spiro atoms. The summed E-state index contributed by atoms with van der Waals surface area (Å²) in [5, 5.41) is -0.639. The molecular weight excluding hydrogens is 666 g/mol. The van der Waals surface area contributed by atoms with Gasteiger partial charge in [0.1, 0.15) is 0 Å². The molecule has 0 saturated heterocycles. The monoisotopic (exact) mass is 666 g/mol. The predicted molar refractivity (Wildman–Crippen MR) is 66.4 cm³/mol. The SMILES string of the molecule is FC(F)(F)C(F)(F)C(F)(F)C(F)(F)C(F)(F)C(F)(F)N=NC(F)(F)C(F)(F)C(F)(F)C(F)(F)C(F)(F)C(F)(F)F. The number of azo groups is 1. The summed E-state index contributed by atoms with van der Waals surface area (Å²) in [5.41, 5.74) is 0. The quantitative estimate of drug-likeness (QED) is 0.127. The standard InChI is InChI=1S/C12F26N2/c13-1(14,5(21,22)9(29,30)31)3(17,18)7(25,26)11(35,36)39-40-12(37,38)8(27,28)4(19,20)2(15,16)6(23,24)10(32,33)34. The Morgan fingerprint density at radius 1 is 0.200 bits per heavy atom. The average Bonchev–Trinajstić information content (AvgIpc) is 2.69. The van der Waals surface area contributed by atoms with Gasteiger partial charge in [-0.3, -0.25) is 0 Å². The maximum atomic E-state index is 13.2. The third kappa shape index (κ3) is 4.82. The van der Waals surface area contributed by atoms with Gasteiger partial charge in [0.05, 0.1) is 0 Å². The molecule has 0 rings (SSSR count). The van der Waals surface area contributed by atoms with Crippen LogP contribution in [0, 0.1) is 0 Å². The molecule has 0 fully saturated rings. The van der Waals surface area contributed by atoms with Crippen LogP contribution in [0.4, 0.5) is 114 Å². The zero-order valence-corrected chi connectivity index (χ0v) is 16.7. The zero-order valence-electron chi connectivity index (χ0n) is 16.7. The van der Waals surface area contributed by atoms with E-state index in [9.17, 15) is 114 Å². The highest BCUT2D eigenvalue weighted by atomic mass is 19.4. The minimum Gasteiger partial charge on any atom is -0.192 e. The summed E-state index contributed by atoms with van der Waals surface area (Å²) in [5.74, 6) is -69.4. The van der Waals surface area contributed by atoms with Gasteiger partial charge in [-0.1, -0.05) is 0 Å². The smallest absolute Gasteiger partial charge is 0.192 e. The first-order chi connectivity index (χ1) is 16.7. The van der Waals surface area contributed by atoms with Crippen molar-refractivity contribution in [1.82, 2.24) is 0 Å². The van der Waals surface area contributed by atoms with E-state index in [1.807, 2.05) is 0 Å². The number of alkyl halides is 26. The van der Waals surface area contributed by atoms with E-state index in [1.54, 1.807) is 0 Å². The Kier molecular flexibility index (Phi) is 8.63. The van der Waals surface area contributed by atoms with Gasteiger partial charge in [0.25, 0.3) is 0 Å². The molecule has 0 aromatic carbocycles. The molecule has 0 amide bonds. The molecule has 0 N–H and O–H groups in total. The maximum absolute atomic E-state index is 13.2. The molecule has 0 radical (unpaired) electrons. The lowest BCUT2D eigenvalue weighted by molar-refractivity contribution is -0.442. The molecule has 0 aliphatic rings. The van der Waals surface area contributed by atoms with Crippen molar-refractivity contribution < 1.29 is 114 Å². The largest absolute Gasteiger partial charge is 0.460 e. The third-order valence-corrected chi connectivity index (χ3v) is 4.13. The summed E-state index contributed by atoms with van der Waals surface area (Å²) in [6, 6.07) is -16.4. The summed E-state index contributed by atoms with van der Waals surface area (Å²) in [6.07, 6.45) is -16.0. The Morgan fingerprint density at radius 3 is 0.500 bits per heavy atom. The molecule has 0 aromatic rings. The van der Waals surface area contributed by atoms with Gasteiger partial charge in [-0.15, -0.1) is 10.2 Å². The number of rotatable bonds is 10. The highest BCUT2D eigenvalue weighted by Gasteiger charge is 2.93. The molecule has 240 valence electrons. The molecule has 40 heavy (non-hydrogen) atoms. The van der Waals surface area contributed by atoms with Crippen molar-refractivity contribution in [1.29, 1.82) is 0 Å². The first-order valence-electron chi connectivity index (χ1n) is 8.06. The van der Waals surface area contributed by atoms with Gasteiger partial charge in [0.15, 0.2) is 0 Å². The highest BCUT2D eigenvalue weighted by molar-refractivity contribution is 5.11. The average molecular weight is 666 g/mol. The first-order valence-corrected chi connectivity index (χ1v) is 8.06. The fourth-order valence-electron chi connectivity index (χ4n) is 1.77. The Bertz CT molecular complexity index is 872. The fourth-order valence-corrected chi connectivity index (χ4v) is 1.77. The summed E-state index contributed by atoms with van der Waals surface area (Å²) in [4.78, 5) is 0. The highest BCUT2D eigenvalue weighted by Crippen LogP contribution is 2.62. The van der Waals surface area contributed by atoms with E-state index in [4.69, 9.17) is 0 Å². The van der Waals surface area contributed by atoms with Crippen LogP contribution < -0.4 is 0 Å². The minimum atomic E-state index is -8.84. The van der Waals surface area contributed by atoms with Crippen molar-refractivity contribution in [3.63, 3.8) is 0 Å². The van der Waals surface area contributed by atoms with Gasteiger partial charge in [0.2, 0.25) is 0 Å². The molecule has 2 nitrogen and oxygen atoms in total. The molecule has 0 bridgehead atoms. The molecule has 28 heteroatoms. The van der Waals surface area contributed by atoms with E-state index in [2.05, 4.69) is 0 Å². The van der Waals surface area contributed by atoms with Gasteiger partial charge >= 0.3 is 71.8 Å². The van der Waals surface area contributed by atoms with Crippen molar-refractivity contribution in [3.8, 4) is 0 Å². The van der Waals surface area contributed by atoms with Crippen LogP contribution in [-0.4, -0.2) is 71.8 Å². The Hall–Kier alpha value is -2.22. The predicted octanol–water partition coefficient (Wildman–Crippen LogP) is 8.83. The third-order valence-electron chi connectivity index (χ3n) is 4.13. The second kappa shape index (κ2) is 9.14. The van der Waals surface area contributed by atoms with Gasteiger partial charge in [-0.05, 0) is 0 Å². The van der Waals surface area contributed by atoms with Crippen molar-refractivity contribution in [2.45, 2.75) is 71.8 Å². The zero-order chi connectivity index (χ0) is 33.4. The second-order valence-corrected chi connectivity index (χ2v) is 6.87. The summed E-state index contributed by atoms with van der Waals surface area (Å²) in [7, 11) is 0. The van der Waals surface area contributed by atoms with Gasteiger partial charge < -0.3 is 0 Å². The van der Waals surface area contributed by atoms with E-state index < -0.39 is 71.8 Å². The van der Waals surface area contributed by atoms with Crippen molar-refractivity contribution >= 4 is 0 Å². The maximum Gasteiger partial charge on any atom is 0.460 e. The van der Waals surface area contributed by atoms with Crippen LogP contribution in [0.3, 0.4) is 0 Å². The number of hydrogen-bond donors (Lipinski definition) is 0. The first kappa shape index (κ1) is 37.8. The van der Waals surface area contributed by atoms with E-state index in [0.717, 1.165) is 0 Å². The lowest BCUT2D eigenvalue weighted by atomic mass is 9.96.